The summed E-state index contributed by atoms with van der Waals surface area (Å²) >= 11 is 13.7. The van der Waals surface area contributed by atoms with Crippen molar-refractivity contribution in [1.82, 2.24) is 14.6 Å². The first-order valence-electron chi connectivity index (χ1n) is 6.57. The van der Waals surface area contributed by atoms with Gasteiger partial charge in [-0.2, -0.15) is 4.98 Å². The Morgan fingerprint density at radius 2 is 1.64 bits per heavy atom. The molecule has 4 aromatic rings. The summed E-state index contributed by atoms with van der Waals surface area (Å²) in [4.78, 5) is 5.40. The average molecular weight is 346 g/mol. The minimum Gasteiger partial charge on any atom is -0.203 e. The fourth-order valence-corrected chi connectivity index (χ4v) is 3.65. The first-order chi connectivity index (χ1) is 10.7. The highest BCUT2D eigenvalue weighted by molar-refractivity contribution is 7.15. The number of hydrogen-bond acceptors (Lipinski definition) is 3. The van der Waals surface area contributed by atoms with Gasteiger partial charge in [-0.3, -0.25) is 0 Å². The van der Waals surface area contributed by atoms with E-state index >= 15 is 0 Å². The molecule has 0 aliphatic carbocycles. The van der Waals surface area contributed by atoms with Crippen molar-refractivity contribution >= 4 is 39.5 Å². The monoisotopic (exact) mass is 345 g/mol. The molecule has 0 fully saturated rings. The number of rotatable bonds is 2. The van der Waals surface area contributed by atoms with Crippen molar-refractivity contribution in [1.29, 1.82) is 0 Å². The van der Waals surface area contributed by atoms with Crippen LogP contribution in [0.4, 0.5) is 0 Å². The minimum atomic E-state index is 0.573. The van der Waals surface area contributed by atoms with Crippen LogP contribution in [0.25, 0.3) is 27.6 Å². The number of fused-ring (bicyclic) bond motifs is 1. The Bertz CT molecular complexity index is 940. The van der Waals surface area contributed by atoms with Crippen LogP contribution in [0.2, 0.25) is 10.0 Å². The maximum Gasteiger partial charge on any atom is 0.213 e. The first-order valence-corrected chi connectivity index (χ1v) is 8.20. The van der Waals surface area contributed by atoms with Crippen LogP contribution in [0.3, 0.4) is 0 Å². The maximum absolute atomic E-state index is 6.06. The van der Waals surface area contributed by atoms with Crippen LogP contribution in [0.5, 0.6) is 0 Å². The zero-order chi connectivity index (χ0) is 15.1. The molecular formula is C16H9Cl2N3S. The van der Waals surface area contributed by atoms with E-state index in [1.807, 2.05) is 34.8 Å². The van der Waals surface area contributed by atoms with E-state index in [2.05, 4.69) is 27.6 Å². The summed E-state index contributed by atoms with van der Waals surface area (Å²) in [5, 5.41) is 7.80. The van der Waals surface area contributed by atoms with Crippen LogP contribution in [-0.4, -0.2) is 14.6 Å². The van der Waals surface area contributed by atoms with Crippen LogP contribution < -0.4 is 0 Å². The van der Waals surface area contributed by atoms with E-state index in [1.54, 1.807) is 17.4 Å². The van der Waals surface area contributed by atoms with Crippen molar-refractivity contribution in [3.05, 3.63) is 64.0 Å². The smallest absolute Gasteiger partial charge is 0.203 e. The highest BCUT2D eigenvalue weighted by Gasteiger charge is 2.13. The van der Waals surface area contributed by atoms with Crippen LogP contribution in [-0.2, 0) is 0 Å². The van der Waals surface area contributed by atoms with Crippen LogP contribution >= 0.6 is 34.5 Å². The molecule has 2 aromatic carbocycles. The highest BCUT2D eigenvalue weighted by atomic mass is 35.5. The number of benzene rings is 2. The van der Waals surface area contributed by atoms with Gasteiger partial charge in [-0.05, 0) is 18.2 Å². The van der Waals surface area contributed by atoms with Gasteiger partial charge in [-0.1, -0.05) is 53.5 Å². The third kappa shape index (κ3) is 2.39. The Morgan fingerprint density at radius 1 is 0.909 bits per heavy atom. The summed E-state index contributed by atoms with van der Waals surface area (Å²) in [7, 11) is 0. The van der Waals surface area contributed by atoms with E-state index in [9.17, 15) is 0 Å². The Labute approximate surface area is 140 Å². The third-order valence-corrected chi connectivity index (χ3v) is 4.52. The summed E-state index contributed by atoms with van der Waals surface area (Å²) in [6.07, 6.45) is 0. The Balaban J connectivity index is 1.87. The fraction of sp³-hybridized carbons (Fsp3) is 0. The molecule has 22 heavy (non-hydrogen) atoms. The van der Waals surface area contributed by atoms with Crippen LogP contribution in [0.1, 0.15) is 0 Å². The van der Waals surface area contributed by atoms with Crippen LogP contribution in [0.15, 0.2) is 53.9 Å². The maximum atomic E-state index is 6.06. The summed E-state index contributed by atoms with van der Waals surface area (Å²) < 4.78 is 1.85. The number of aromatic nitrogens is 3. The van der Waals surface area contributed by atoms with Gasteiger partial charge in [0.2, 0.25) is 4.96 Å². The summed E-state index contributed by atoms with van der Waals surface area (Å²) in [6.45, 7) is 0. The predicted molar refractivity (Wildman–Crippen MR) is 91.8 cm³/mol. The summed E-state index contributed by atoms with van der Waals surface area (Å²) in [5.74, 6) is 0.619. The first kappa shape index (κ1) is 13.8. The second kappa shape index (κ2) is 5.39. The predicted octanol–water partition coefficient (Wildman–Crippen LogP) is 5.43. The SMILES string of the molecule is Clc1cc(Cl)cc(-c2nc3scc(-c4ccccc4)n3n2)c1. The van der Waals surface area contributed by atoms with Crippen molar-refractivity contribution < 1.29 is 0 Å². The molecule has 0 amide bonds. The lowest BCUT2D eigenvalue weighted by Gasteiger charge is -1.99. The van der Waals surface area contributed by atoms with Crippen molar-refractivity contribution in [2.75, 3.05) is 0 Å². The Hall–Kier alpha value is -1.88. The molecule has 0 unspecified atom stereocenters. The summed E-state index contributed by atoms with van der Waals surface area (Å²) in [5.41, 5.74) is 2.94. The molecule has 0 aliphatic rings. The molecule has 6 heteroatoms. The normalized spacial score (nSPS) is 11.2. The van der Waals surface area contributed by atoms with Crippen molar-refractivity contribution in [3.63, 3.8) is 0 Å². The molecule has 0 saturated carbocycles. The molecule has 0 atom stereocenters. The van der Waals surface area contributed by atoms with Gasteiger partial charge in [0.25, 0.3) is 0 Å². The molecule has 0 bridgehead atoms. The van der Waals surface area contributed by atoms with E-state index in [0.29, 0.717) is 15.9 Å². The van der Waals surface area contributed by atoms with Gasteiger partial charge in [-0.25, -0.2) is 4.52 Å². The summed E-state index contributed by atoms with van der Waals surface area (Å²) in [6, 6.07) is 15.4. The zero-order valence-electron chi connectivity index (χ0n) is 11.2. The van der Waals surface area contributed by atoms with Crippen LogP contribution in [0, 0.1) is 0 Å². The standard InChI is InChI=1S/C16H9Cl2N3S/c17-12-6-11(7-13(18)8-12)15-19-16-21(20-15)14(9-22-16)10-4-2-1-3-5-10/h1-9H. The lowest BCUT2D eigenvalue weighted by Crippen LogP contribution is -1.89. The number of thiazole rings is 1. The van der Waals surface area contributed by atoms with E-state index in [0.717, 1.165) is 21.8 Å². The lowest BCUT2D eigenvalue weighted by atomic mass is 10.2. The average Bonchev–Trinajstić information content (AvgIpc) is 3.07. The molecule has 0 radical (unpaired) electrons. The van der Waals surface area contributed by atoms with Gasteiger partial charge < -0.3 is 0 Å². The van der Waals surface area contributed by atoms with E-state index in [1.165, 1.54) is 0 Å². The number of hydrogen-bond donors (Lipinski definition) is 0. The van der Waals surface area contributed by atoms with Gasteiger partial charge in [0, 0.05) is 26.6 Å². The second-order valence-electron chi connectivity index (χ2n) is 4.77. The molecule has 2 heterocycles. The molecule has 0 N–H and O–H groups in total. The van der Waals surface area contributed by atoms with E-state index in [4.69, 9.17) is 23.2 Å². The van der Waals surface area contributed by atoms with Crippen molar-refractivity contribution in [2.45, 2.75) is 0 Å². The topological polar surface area (TPSA) is 30.2 Å². The fourth-order valence-electron chi connectivity index (χ4n) is 2.29. The van der Waals surface area contributed by atoms with Crippen molar-refractivity contribution in [2.24, 2.45) is 0 Å². The molecular weight excluding hydrogens is 337 g/mol. The molecule has 0 aliphatic heterocycles. The van der Waals surface area contributed by atoms with Crippen molar-refractivity contribution in [3.8, 4) is 22.6 Å². The van der Waals surface area contributed by atoms with Gasteiger partial charge >= 0.3 is 0 Å². The largest absolute Gasteiger partial charge is 0.213 e. The van der Waals surface area contributed by atoms with E-state index in [-0.39, 0.29) is 0 Å². The molecule has 2 aromatic heterocycles. The van der Waals surface area contributed by atoms with Gasteiger partial charge in [0.1, 0.15) is 0 Å². The number of halogens is 2. The van der Waals surface area contributed by atoms with E-state index < -0.39 is 0 Å². The second-order valence-corrected chi connectivity index (χ2v) is 6.48. The third-order valence-electron chi connectivity index (χ3n) is 3.27. The Morgan fingerprint density at radius 3 is 2.36 bits per heavy atom. The van der Waals surface area contributed by atoms with Gasteiger partial charge in [-0.15, -0.1) is 16.4 Å². The highest BCUT2D eigenvalue weighted by Crippen LogP contribution is 2.29. The van der Waals surface area contributed by atoms with Gasteiger partial charge in [0.05, 0.1) is 5.69 Å². The van der Waals surface area contributed by atoms with Gasteiger partial charge in [0.15, 0.2) is 5.82 Å². The molecule has 0 saturated heterocycles. The molecule has 108 valence electrons. The quantitative estimate of drug-likeness (QED) is 0.484. The molecule has 3 nitrogen and oxygen atoms in total. The Kier molecular flexibility index (Phi) is 3.37. The molecule has 0 spiro atoms. The molecule has 4 rings (SSSR count). The zero-order valence-corrected chi connectivity index (χ0v) is 13.5. The minimum absolute atomic E-state index is 0.573. The lowest BCUT2D eigenvalue weighted by molar-refractivity contribution is 0.990. The number of nitrogens with zero attached hydrogens (tertiary/aromatic N) is 3.